The number of aromatic nitrogens is 2. The largest absolute Gasteiger partial charge is 0.381 e. The van der Waals surface area contributed by atoms with Crippen molar-refractivity contribution in [3.05, 3.63) is 29.6 Å². The smallest absolute Gasteiger partial charge is 0.173 e. The Morgan fingerprint density at radius 3 is 2.64 bits per heavy atom. The number of anilines is 1. The van der Waals surface area contributed by atoms with E-state index in [0.717, 1.165) is 16.7 Å². The van der Waals surface area contributed by atoms with Gasteiger partial charge in [-0.25, -0.2) is 0 Å². The number of pyridine rings is 1. The number of rotatable bonds is 1. The number of nitrogen functional groups attached to an aromatic ring is 1. The van der Waals surface area contributed by atoms with E-state index in [0.29, 0.717) is 11.6 Å². The van der Waals surface area contributed by atoms with Gasteiger partial charge in [0, 0.05) is 23.5 Å². The van der Waals surface area contributed by atoms with Gasteiger partial charge in [0.05, 0.1) is 0 Å². The molecular weight excluding hydrogens is 178 g/mol. The zero-order chi connectivity index (χ0) is 10.1. The van der Waals surface area contributed by atoms with Crippen LogP contribution in [0.1, 0.15) is 11.1 Å². The molecule has 0 saturated carbocycles. The Hall–Kier alpha value is -1.84. The van der Waals surface area contributed by atoms with Crippen molar-refractivity contribution in [3.8, 4) is 11.3 Å². The zero-order valence-corrected chi connectivity index (χ0v) is 8.11. The average molecular weight is 189 g/mol. The molecule has 0 aromatic carbocycles. The predicted molar refractivity (Wildman–Crippen MR) is 53.6 cm³/mol. The van der Waals surface area contributed by atoms with Crippen LogP contribution in [0, 0.1) is 13.8 Å². The van der Waals surface area contributed by atoms with Crippen molar-refractivity contribution in [1.82, 2.24) is 10.1 Å². The van der Waals surface area contributed by atoms with Crippen molar-refractivity contribution in [3.63, 3.8) is 0 Å². The van der Waals surface area contributed by atoms with E-state index in [4.69, 9.17) is 10.3 Å². The third-order valence-electron chi connectivity index (χ3n) is 2.10. The normalized spacial score (nSPS) is 10.4. The van der Waals surface area contributed by atoms with E-state index in [2.05, 4.69) is 10.1 Å². The first kappa shape index (κ1) is 8.74. The molecule has 0 aliphatic carbocycles. The standard InChI is InChI=1S/C10H11N3O/c1-6-3-8(5-12-4-6)9-7(2)10(11)13-14-9/h3-5H,1-2H3,(H2,11,13). The molecule has 0 aliphatic rings. The van der Waals surface area contributed by atoms with Crippen LogP contribution in [0.15, 0.2) is 23.0 Å². The molecule has 0 amide bonds. The first-order chi connectivity index (χ1) is 6.68. The first-order valence-electron chi connectivity index (χ1n) is 4.32. The molecule has 2 rings (SSSR count). The number of nitrogens with two attached hydrogens (primary N) is 1. The minimum Gasteiger partial charge on any atom is -0.381 e. The van der Waals surface area contributed by atoms with Gasteiger partial charge in [-0.05, 0) is 25.5 Å². The molecule has 2 N–H and O–H groups in total. The molecule has 0 radical (unpaired) electrons. The van der Waals surface area contributed by atoms with E-state index >= 15 is 0 Å². The summed E-state index contributed by atoms with van der Waals surface area (Å²) in [5.74, 6) is 1.13. The Morgan fingerprint density at radius 1 is 1.29 bits per heavy atom. The highest BCUT2D eigenvalue weighted by atomic mass is 16.5. The summed E-state index contributed by atoms with van der Waals surface area (Å²) in [5, 5.41) is 3.70. The number of hydrogen-bond donors (Lipinski definition) is 1. The quantitative estimate of drug-likeness (QED) is 0.744. The van der Waals surface area contributed by atoms with E-state index in [1.54, 1.807) is 12.4 Å². The SMILES string of the molecule is Cc1cncc(-c2onc(N)c2C)c1. The summed E-state index contributed by atoms with van der Waals surface area (Å²) < 4.78 is 5.12. The average Bonchev–Trinajstić information content (AvgIpc) is 2.48. The van der Waals surface area contributed by atoms with Crippen molar-refractivity contribution in [2.24, 2.45) is 0 Å². The van der Waals surface area contributed by atoms with Crippen LogP contribution in [-0.2, 0) is 0 Å². The molecule has 14 heavy (non-hydrogen) atoms. The van der Waals surface area contributed by atoms with Gasteiger partial charge in [0.1, 0.15) is 0 Å². The lowest BCUT2D eigenvalue weighted by Gasteiger charge is -1.97. The summed E-state index contributed by atoms with van der Waals surface area (Å²) in [4.78, 5) is 4.08. The fourth-order valence-corrected chi connectivity index (χ4v) is 1.30. The maximum atomic E-state index is 5.59. The van der Waals surface area contributed by atoms with Crippen LogP contribution < -0.4 is 5.73 Å². The second-order valence-electron chi connectivity index (χ2n) is 3.27. The van der Waals surface area contributed by atoms with Gasteiger partial charge in [-0.2, -0.15) is 0 Å². The molecule has 2 aromatic heterocycles. The van der Waals surface area contributed by atoms with Crippen molar-refractivity contribution in [1.29, 1.82) is 0 Å². The lowest BCUT2D eigenvalue weighted by atomic mass is 10.1. The second kappa shape index (κ2) is 3.14. The van der Waals surface area contributed by atoms with Gasteiger partial charge in [0.15, 0.2) is 11.6 Å². The van der Waals surface area contributed by atoms with E-state index < -0.39 is 0 Å². The summed E-state index contributed by atoms with van der Waals surface area (Å²) in [7, 11) is 0. The molecule has 4 nitrogen and oxygen atoms in total. The van der Waals surface area contributed by atoms with Gasteiger partial charge in [0.2, 0.25) is 0 Å². The van der Waals surface area contributed by atoms with Gasteiger partial charge < -0.3 is 10.3 Å². The minimum absolute atomic E-state index is 0.432. The third kappa shape index (κ3) is 1.35. The Balaban J connectivity index is 2.55. The summed E-state index contributed by atoms with van der Waals surface area (Å²) in [6.45, 7) is 3.86. The third-order valence-corrected chi connectivity index (χ3v) is 2.10. The molecule has 0 saturated heterocycles. The van der Waals surface area contributed by atoms with Crippen LogP contribution >= 0.6 is 0 Å². The van der Waals surface area contributed by atoms with Crippen LogP contribution in [0.4, 0.5) is 5.82 Å². The monoisotopic (exact) mass is 189 g/mol. The maximum absolute atomic E-state index is 5.59. The molecule has 0 bridgehead atoms. The summed E-state index contributed by atoms with van der Waals surface area (Å²) >= 11 is 0. The van der Waals surface area contributed by atoms with Crippen molar-refractivity contribution < 1.29 is 4.52 Å². The van der Waals surface area contributed by atoms with Crippen molar-refractivity contribution >= 4 is 5.82 Å². The second-order valence-corrected chi connectivity index (χ2v) is 3.27. The van der Waals surface area contributed by atoms with Crippen molar-refractivity contribution in [2.75, 3.05) is 5.73 Å². The van der Waals surface area contributed by atoms with E-state index in [1.165, 1.54) is 0 Å². The molecule has 2 heterocycles. The van der Waals surface area contributed by atoms with Gasteiger partial charge >= 0.3 is 0 Å². The number of hydrogen-bond acceptors (Lipinski definition) is 4. The zero-order valence-electron chi connectivity index (χ0n) is 8.11. The van der Waals surface area contributed by atoms with Gasteiger partial charge in [-0.1, -0.05) is 5.16 Å². The van der Waals surface area contributed by atoms with E-state index in [1.807, 2.05) is 19.9 Å². The minimum atomic E-state index is 0.432. The fraction of sp³-hybridized carbons (Fsp3) is 0.200. The Bertz CT molecular complexity index is 462. The Kier molecular flexibility index (Phi) is 1.96. The van der Waals surface area contributed by atoms with Crippen LogP contribution in [0.25, 0.3) is 11.3 Å². The predicted octanol–water partition coefficient (Wildman–Crippen LogP) is 1.94. The molecule has 4 heteroatoms. The molecule has 0 spiro atoms. The number of aryl methyl sites for hydroxylation is 1. The summed E-state index contributed by atoms with van der Waals surface area (Å²) in [6.07, 6.45) is 3.53. The summed E-state index contributed by atoms with van der Waals surface area (Å²) in [5.41, 5.74) is 8.44. The molecule has 2 aromatic rings. The number of nitrogens with zero attached hydrogens (tertiary/aromatic N) is 2. The molecule has 72 valence electrons. The highest BCUT2D eigenvalue weighted by Gasteiger charge is 2.11. The van der Waals surface area contributed by atoms with Gasteiger partial charge in [-0.15, -0.1) is 0 Å². The van der Waals surface area contributed by atoms with Gasteiger partial charge in [-0.3, -0.25) is 4.98 Å². The summed E-state index contributed by atoms with van der Waals surface area (Å²) in [6, 6.07) is 1.99. The molecule has 0 atom stereocenters. The molecule has 0 aliphatic heterocycles. The van der Waals surface area contributed by atoms with Crippen LogP contribution in [0.5, 0.6) is 0 Å². The molecule has 0 unspecified atom stereocenters. The van der Waals surface area contributed by atoms with E-state index in [-0.39, 0.29) is 0 Å². The van der Waals surface area contributed by atoms with Crippen LogP contribution in [0.3, 0.4) is 0 Å². The molecular formula is C10H11N3O. The maximum Gasteiger partial charge on any atom is 0.173 e. The lowest BCUT2D eigenvalue weighted by Crippen LogP contribution is -1.87. The van der Waals surface area contributed by atoms with Crippen molar-refractivity contribution in [2.45, 2.75) is 13.8 Å². The van der Waals surface area contributed by atoms with Crippen LogP contribution in [-0.4, -0.2) is 10.1 Å². The van der Waals surface area contributed by atoms with Crippen LogP contribution in [0.2, 0.25) is 0 Å². The Labute approximate surface area is 81.7 Å². The first-order valence-corrected chi connectivity index (χ1v) is 4.32. The highest BCUT2D eigenvalue weighted by molar-refractivity contribution is 5.65. The highest BCUT2D eigenvalue weighted by Crippen LogP contribution is 2.26. The Morgan fingerprint density at radius 2 is 2.07 bits per heavy atom. The van der Waals surface area contributed by atoms with Gasteiger partial charge in [0.25, 0.3) is 0 Å². The molecule has 0 fully saturated rings. The fourth-order valence-electron chi connectivity index (χ4n) is 1.30. The topological polar surface area (TPSA) is 64.9 Å². The van der Waals surface area contributed by atoms with E-state index in [9.17, 15) is 0 Å². The lowest BCUT2D eigenvalue weighted by molar-refractivity contribution is 0.435.